The van der Waals surface area contributed by atoms with Crippen LogP contribution in [0.1, 0.15) is 18.9 Å². The van der Waals surface area contributed by atoms with Crippen molar-refractivity contribution in [1.29, 1.82) is 0 Å². The van der Waals surface area contributed by atoms with Crippen molar-refractivity contribution in [2.45, 2.75) is 26.4 Å². The molecule has 0 radical (unpaired) electrons. The van der Waals surface area contributed by atoms with Crippen LogP contribution in [0.3, 0.4) is 0 Å². The first-order chi connectivity index (χ1) is 9.85. The minimum absolute atomic E-state index is 0.0190. The van der Waals surface area contributed by atoms with Crippen LogP contribution in [0.25, 0.3) is 0 Å². The van der Waals surface area contributed by atoms with Crippen molar-refractivity contribution in [3.8, 4) is 5.75 Å². The topological polar surface area (TPSA) is 72.5 Å². The van der Waals surface area contributed by atoms with Crippen LogP contribution >= 0.6 is 0 Å². The lowest BCUT2D eigenvalue weighted by atomic mass is 10.1. The summed E-state index contributed by atoms with van der Waals surface area (Å²) in [4.78, 5) is 11.9. The largest absolute Gasteiger partial charge is 0.481 e. The molecule has 0 aliphatic carbocycles. The zero-order chi connectivity index (χ0) is 15.5. The van der Waals surface area contributed by atoms with Gasteiger partial charge in [-0.3, -0.25) is 4.79 Å². The Morgan fingerprint density at radius 1 is 1.38 bits per heavy atom. The molecule has 116 valence electrons. The summed E-state index contributed by atoms with van der Waals surface area (Å²) < 4.78 is 28.3. The van der Waals surface area contributed by atoms with Gasteiger partial charge in [-0.25, -0.2) is 8.42 Å². The Morgan fingerprint density at radius 2 is 2.05 bits per heavy atom. The Kier molecular flexibility index (Phi) is 4.88. The van der Waals surface area contributed by atoms with E-state index in [4.69, 9.17) is 4.74 Å². The van der Waals surface area contributed by atoms with Gasteiger partial charge in [0, 0.05) is 6.54 Å². The van der Waals surface area contributed by atoms with Gasteiger partial charge in [-0.1, -0.05) is 17.7 Å². The Bertz CT molecular complexity index is 595. The van der Waals surface area contributed by atoms with Crippen LogP contribution in [-0.4, -0.2) is 38.5 Å². The zero-order valence-electron chi connectivity index (χ0n) is 12.3. The van der Waals surface area contributed by atoms with Crippen molar-refractivity contribution in [1.82, 2.24) is 5.32 Å². The van der Waals surface area contributed by atoms with Gasteiger partial charge in [-0.2, -0.15) is 0 Å². The second kappa shape index (κ2) is 6.47. The summed E-state index contributed by atoms with van der Waals surface area (Å²) >= 11 is 0. The van der Waals surface area contributed by atoms with Crippen LogP contribution in [0.4, 0.5) is 0 Å². The lowest BCUT2D eigenvalue weighted by Gasteiger charge is -2.16. The van der Waals surface area contributed by atoms with E-state index >= 15 is 0 Å². The maximum absolute atomic E-state index is 11.9. The highest BCUT2D eigenvalue weighted by Crippen LogP contribution is 2.17. The lowest BCUT2D eigenvalue weighted by molar-refractivity contribution is -0.127. The molecule has 1 aromatic rings. The summed E-state index contributed by atoms with van der Waals surface area (Å²) in [5.41, 5.74) is 1.13. The van der Waals surface area contributed by atoms with E-state index < -0.39 is 15.9 Å². The van der Waals surface area contributed by atoms with Crippen LogP contribution in [-0.2, 0) is 14.6 Å². The van der Waals surface area contributed by atoms with Gasteiger partial charge in [0.05, 0.1) is 11.5 Å². The van der Waals surface area contributed by atoms with Crippen molar-refractivity contribution < 1.29 is 17.9 Å². The number of rotatable bonds is 5. The summed E-state index contributed by atoms with van der Waals surface area (Å²) in [6.07, 6.45) is 0.0150. The second-order valence-corrected chi connectivity index (χ2v) is 7.82. The molecule has 1 fully saturated rings. The smallest absolute Gasteiger partial charge is 0.260 e. The average molecular weight is 311 g/mol. The van der Waals surface area contributed by atoms with Crippen LogP contribution in [0.2, 0.25) is 0 Å². The van der Waals surface area contributed by atoms with Gasteiger partial charge < -0.3 is 10.1 Å². The molecule has 2 unspecified atom stereocenters. The molecule has 1 N–H and O–H groups in total. The van der Waals surface area contributed by atoms with E-state index in [0.717, 1.165) is 5.56 Å². The highest BCUT2D eigenvalue weighted by molar-refractivity contribution is 7.91. The van der Waals surface area contributed by atoms with Crippen LogP contribution in [0.15, 0.2) is 24.3 Å². The molecule has 1 aliphatic rings. The molecule has 0 spiro atoms. The predicted molar refractivity (Wildman–Crippen MR) is 81.0 cm³/mol. The molecule has 5 nitrogen and oxygen atoms in total. The predicted octanol–water partition coefficient (Wildman–Crippen LogP) is 1.31. The number of amides is 1. The number of ether oxygens (including phenoxy) is 1. The maximum atomic E-state index is 11.9. The van der Waals surface area contributed by atoms with Crippen molar-refractivity contribution in [3.63, 3.8) is 0 Å². The third kappa shape index (κ3) is 4.74. The number of aryl methyl sites for hydroxylation is 1. The van der Waals surface area contributed by atoms with Gasteiger partial charge >= 0.3 is 0 Å². The van der Waals surface area contributed by atoms with E-state index in [1.54, 1.807) is 6.92 Å². The quantitative estimate of drug-likeness (QED) is 0.890. The normalized spacial score (nSPS) is 21.7. The van der Waals surface area contributed by atoms with E-state index in [2.05, 4.69) is 5.32 Å². The molecule has 2 atom stereocenters. The average Bonchev–Trinajstić information content (AvgIpc) is 2.78. The molecule has 1 amide bonds. The van der Waals surface area contributed by atoms with E-state index in [9.17, 15) is 13.2 Å². The van der Waals surface area contributed by atoms with Crippen molar-refractivity contribution in [2.24, 2.45) is 5.92 Å². The van der Waals surface area contributed by atoms with Gasteiger partial charge in [0.2, 0.25) is 0 Å². The zero-order valence-corrected chi connectivity index (χ0v) is 13.2. The minimum atomic E-state index is -2.90. The van der Waals surface area contributed by atoms with Gasteiger partial charge in [-0.15, -0.1) is 0 Å². The fourth-order valence-electron chi connectivity index (χ4n) is 2.30. The van der Waals surface area contributed by atoms with Gasteiger partial charge in [0.1, 0.15) is 5.75 Å². The molecule has 2 rings (SSSR count). The van der Waals surface area contributed by atoms with E-state index in [-0.39, 0.29) is 23.3 Å². The van der Waals surface area contributed by atoms with E-state index in [0.29, 0.717) is 18.7 Å². The molecule has 1 aromatic carbocycles. The fraction of sp³-hybridized carbons (Fsp3) is 0.533. The van der Waals surface area contributed by atoms with E-state index in [1.165, 1.54) is 0 Å². The Morgan fingerprint density at radius 3 is 2.62 bits per heavy atom. The SMILES string of the molecule is Cc1ccc(OC(C)C(=O)NCC2CCS(=O)(=O)C2)cc1. The molecule has 0 aromatic heterocycles. The number of nitrogens with one attached hydrogen (secondary N) is 1. The molecule has 21 heavy (non-hydrogen) atoms. The molecular formula is C15H21NO4S. The van der Waals surface area contributed by atoms with Gasteiger partial charge in [-0.05, 0) is 38.3 Å². The molecule has 1 heterocycles. The summed E-state index contributed by atoms with van der Waals surface area (Å²) in [6, 6.07) is 7.48. The summed E-state index contributed by atoms with van der Waals surface area (Å²) in [5.74, 6) is 0.834. The number of carbonyl (C=O) groups excluding carboxylic acids is 1. The van der Waals surface area contributed by atoms with Gasteiger partial charge in [0.15, 0.2) is 15.9 Å². The third-order valence-electron chi connectivity index (χ3n) is 3.59. The first-order valence-electron chi connectivity index (χ1n) is 7.07. The first kappa shape index (κ1) is 15.8. The molecular weight excluding hydrogens is 290 g/mol. The van der Waals surface area contributed by atoms with Crippen molar-refractivity contribution in [3.05, 3.63) is 29.8 Å². The molecule has 1 saturated heterocycles. The lowest BCUT2D eigenvalue weighted by Crippen LogP contribution is -2.39. The molecule has 6 heteroatoms. The molecule has 1 aliphatic heterocycles. The van der Waals surface area contributed by atoms with Gasteiger partial charge in [0.25, 0.3) is 5.91 Å². The number of hydrogen-bond acceptors (Lipinski definition) is 4. The highest BCUT2D eigenvalue weighted by Gasteiger charge is 2.28. The van der Waals surface area contributed by atoms with E-state index in [1.807, 2.05) is 31.2 Å². The fourth-order valence-corrected chi connectivity index (χ4v) is 4.16. The maximum Gasteiger partial charge on any atom is 0.260 e. The monoisotopic (exact) mass is 311 g/mol. The van der Waals surface area contributed by atoms with Crippen LogP contribution < -0.4 is 10.1 Å². The number of benzene rings is 1. The van der Waals surface area contributed by atoms with Crippen LogP contribution in [0, 0.1) is 12.8 Å². The summed E-state index contributed by atoms with van der Waals surface area (Å²) in [6.45, 7) is 4.05. The minimum Gasteiger partial charge on any atom is -0.481 e. The Balaban J connectivity index is 1.79. The Hall–Kier alpha value is -1.56. The number of sulfone groups is 1. The Labute approximate surface area is 125 Å². The molecule has 0 bridgehead atoms. The van der Waals surface area contributed by atoms with Crippen molar-refractivity contribution in [2.75, 3.05) is 18.1 Å². The molecule has 0 saturated carbocycles. The standard InChI is InChI=1S/C15H21NO4S/c1-11-3-5-14(6-4-11)20-12(2)15(17)16-9-13-7-8-21(18,19)10-13/h3-6,12-13H,7-10H2,1-2H3,(H,16,17). The highest BCUT2D eigenvalue weighted by atomic mass is 32.2. The van der Waals surface area contributed by atoms with Crippen molar-refractivity contribution >= 4 is 15.7 Å². The first-order valence-corrected chi connectivity index (χ1v) is 8.89. The summed E-state index contributed by atoms with van der Waals surface area (Å²) in [7, 11) is -2.90. The summed E-state index contributed by atoms with van der Waals surface area (Å²) in [5, 5.41) is 2.77. The third-order valence-corrected chi connectivity index (χ3v) is 5.43. The number of hydrogen-bond donors (Lipinski definition) is 1. The second-order valence-electron chi connectivity index (χ2n) is 5.59. The van der Waals surface area contributed by atoms with Crippen LogP contribution in [0.5, 0.6) is 5.75 Å². The number of carbonyl (C=O) groups is 1.